The first-order valence-corrected chi connectivity index (χ1v) is 6.84. The van der Waals surface area contributed by atoms with E-state index in [2.05, 4.69) is 6.92 Å². The molecule has 2 rings (SSSR count). The molecule has 0 radical (unpaired) electrons. The summed E-state index contributed by atoms with van der Waals surface area (Å²) >= 11 is 0. The van der Waals surface area contributed by atoms with Gasteiger partial charge in [0.2, 0.25) is 0 Å². The lowest BCUT2D eigenvalue weighted by Gasteiger charge is -2.15. The quantitative estimate of drug-likeness (QED) is 0.871. The fraction of sp³-hybridized carbons (Fsp3) is 0.294. The first kappa shape index (κ1) is 14.4. The molecule has 2 aromatic rings. The number of nitrogens with two attached hydrogens (primary N) is 1. The lowest BCUT2D eigenvalue weighted by atomic mass is 10.1. The van der Waals surface area contributed by atoms with Crippen LogP contribution in [-0.2, 0) is 6.61 Å². The molecular weight excluding hydrogens is 250 g/mol. The molecule has 0 saturated heterocycles. The van der Waals surface area contributed by atoms with Crippen molar-refractivity contribution < 1.29 is 9.47 Å². The van der Waals surface area contributed by atoms with E-state index in [4.69, 9.17) is 15.2 Å². The van der Waals surface area contributed by atoms with Gasteiger partial charge in [0, 0.05) is 6.04 Å². The second-order valence-corrected chi connectivity index (χ2v) is 4.70. The van der Waals surface area contributed by atoms with Crippen molar-refractivity contribution in [3.63, 3.8) is 0 Å². The number of benzene rings is 2. The molecule has 0 aliphatic carbocycles. The molecule has 0 amide bonds. The van der Waals surface area contributed by atoms with Crippen molar-refractivity contribution in [3.8, 4) is 11.5 Å². The molecule has 1 atom stereocenters. The van der Waals surface area contributed by atoms with Gasteiger partial charge in [-0.1, -0.05) is 43.3 Å². The van der Waals surface area contributed by atoms with Gasteiger partial charge in [0.1, 0.15) is 6.61 Å². The Morgan fingerprint density at radius 1 is 1.05 bits per heavy atom. The Balaban J connectivity index is 2.16. The van der Waals surface area contributed by atoms with Crippen molar-refractivity contribution in [1.29, 1.82) is 0 Å². The summed E-state index contributed by atoms with van der Waals surface area (Å²) in [4.78, 5) is 0. The van der Waals surface area contributed by atoms with Crippen LogP contribution >= 0.6 is 0 Å². The largest absolute Gasteiger partial charge is 0.493 e. The van der Waals surface area contributed by atoms with Crippen LogP contribution in [0.5, 0.6) is 11.5 Å². The Morgan fingerprint density at radius 3 is 2.45 bits per heavy atom. The van der Waals surface area contributed by atoms with Gasteiger partial charge >= 0.3 is 0 Å². The number of hydrogen-bond donors (Lipinski definition) is 1. The van der Waals surface area contributed by atoms with Crippen LogP contribution in [0.15, 0.2) is 48.5 Å². The molecule has 2 aromatic carbocycles. The molecule has 0 aliphatic rings. The van der Waals surface area contributed by atoms with E-state index in [-0.39, 0.29) is 6.04 Å². The molecule has 3 heteroatoms. The van der Waals surface area contributed by atoms with E-state index in [1.54, 1.807) is 7.11 Å². The van der Waals surface area contributed by atoms with Crippen molar-refractivity contribution in [3.05, 3.63) is 59.7 Å². The van der Waals surface area contributed by atoms with E-state index in [1.165, 1.54) is 0 Å². The van der Waals surface area contributed by atoms with Crippen molar-refractivity contribution in [1.82, 2.24) is 0 Å². The van der Waals surface area contributed by atoms with E-state index in [0.717, 1.165) is 29.0 Å². The summed E-state index contributed by atoms with van der Waals surface area (Å²) in [6, 6.07) is 16.0. The number of rotatable bonds is 6. The van der Waals surface area contributed by atoms with Crippen LogP contribution in [0.3, 0.4) is 0 Å². The molecule has 0 spiro atoms. The minimum absolute atomic E-state index is 0.0278. The Labute approximate surface area is 120 Å². The molecule has 0 aromatic heterocycles. The zero-order valence-corrected chi connectivity index (χ0v) is 12.0. The molecule has 2 N–H and O–H groups in total. The number of methoxy groups -OCH3 is 1. The highest BCUT2D eigenvalue weighted by Crippen LogP contribution is 2.31. The predicted octanol–water partition coefficient (Wildman–Crippen LogP) is 3.68. The molecule has 0 heterocycles. The summed E-state index contributed by atoms with van der Waals surface area (Å²) in [6.07, 6.45) is 0.893. The molecule has 0 fully saturated rings. The maximum Gasteiger partial charge on any atom is 0.161 e. The number of hydrogen-bond acceptors (Lipinski definition) is 3. The molecule has 0 bridgehead atoms. The van der Waals surface area contributed by atoms with Gasteiger partial charge in [-0.15, -0.1) is 0 Å². The topological polar surface area (TPSA) is 44.5 Å². The lowest BCUT2D eigenvalue weighted by molar-refractivity contribution is 0.284. The van der Waals surface area contributed by atoms with Gasteiger partial charge in [0.05, 0.1) is 7.11 Å². The van der Waals surface area contributed by atoms with E-state index >= 15 is 0 Å². The second-order valence-electron chi connectivity index (χ2n) is 4.70. The van der Waals surface area contributed by atoms with Crippen LogP contribution in [0, 0.1) is 0 Å². The third-order valence-corrected chi connectivity index (χ3v) is 3.29. The Kier molecular flexibility index (Phi) is 5.02. The van der Waals surface area contributed by atoms with Crippen LogP contribution in [0.4, 0.5) is 0 Å². The van der Waals surface area contributed by atoms with Crippen LogP contribution in [0.1, 0.15) is 30.5 Å². The highest BCUT2D eigenvalue weighted by molar-refractivity contribution is 5.44. The van der Waals surface area contributed by atoms with Gasteiger partial charge in [-0.25, -0.2) is 0 Å². The minimum atomic E-state index is 0.0278. The molecule has 0 aliphatic heterocycles. The van der Waals surface area contributed by atoms with Gasteiger partial charge < -0.3 is 15.2 Å². The Morgan fingerprint density at radius 2 is 1.80 bits per heavy atom. The lowest BCUT2D eigenvalue weighted by Crippen LogP contribution is -2.09. The van der Waals surface area contributed by atoms with Crippen LogP contribution < -0.4 is 15.2 Å². The molecular formula is C17H21NO2. The van der Waals surface area contributed by atoms with Gasteiger partial charge in [0.25, 0.3) is 0 Å². The average molecular weight is 271 g/mol. The smallest absolute Gasteiger partial charge is 0.161 e. The maximum atomic E-state index is 6.07. The van der Waals surface area contributed by atoms with Crippen molar-refractivity contribution in [2.24, 2.45) is 5.73 Å². The van der Waals surface area contributed by atoms with Crippen molar-refractivity contribution >= 4 is 0 Å². The third kappa shape index (κ3) is 3.52. The third-order valence-electron chi connectivity index (χ3n) is 3.29. The maximum absolute atomic E-state index is 6.07. The Bertz CT molecular complexity index is 540. The zero-order chi connectivity index (χ0) is 14.4. The average Bonchev–Trinajstić information content (AvgIpc) is 2.52. The van der Waals surface area contributed by atoms with Gasteiger partial charge in [-0.2, -0.15) is 0 Å². The van der Waals surface area contributed by atoms with E-state index in [0.29, 0.717) is 6.61 Å². The van der Waals surface area contributed by atoms with Crippen LogP contribution in [0.25, 0.3) is 0 Å². The summed E-state index contributed by atoms with van der Waals surface area (Å²) in [5.41, 5.74) is 8.26. The van der Waals surface area contributed by atoms with Crippen molar-refractivity contribution in [2.75, 3.05) is 7.11 Å². The molecule has 3 nitrogen and oxygen atoms in total. The fourth-order valence-electron chi connectivity index (χ4n) is 2.01. The minimum Gasteiger partial charge on any atom is -0.493 e. The molecule has 20 heavy (non-hydrogen) atoms. The first-order valence-electron chi connectivity index (χ1n) is 6.84. The predicted molar refractivity (Wildman–Crippen MR) is 81.0 cm³/mol. The van der Waals surface area contributed by atoms with Crippen LogP contribution in [-0.4, -0.2) is 7.11 Å². The van der Waals surface area contributed by atoms with Crippen LogP contribution in [0.2, 0.25) is 0 Å². The Hall–Kier alpha value is -2.00. The summed E-state index contributed by atoms with van der Waals surface area (Å²) in [6.45, 7) is 2.58. The number of ether oxygens (including phenoxy) is 2. The zero-order valence-electron chi connectivity index (χ0n) is 12.0. The fourth-order valence-corrected chi connectivity index (χ4v) is 2.01. The second kappa shape index (κ2) is 6.96. The van der Waals surface area contributed by atoms with Gasteiger partial charge in [-0.05, 0) is 29.7 Å². The molecule has 106 valence electrons. The monoisotopic (exact) mass is 271 g/mol. The summed E-state index contributed by atoms with van der Waals surface area (Å²) in [5, 5.41) is 0. The standard InChI is InChI=1S/C17H21NO2/c1-3-15(18)14-9-10-16(19-2)17(11-14)20-12-13-7-5-4-6-8-13/h4-11,15H,3,12,18H2,1-2H3/t15-/m0/s1. The molecule has 0 saturated carbocycles. The summed E-state index contributed by atoms with van der Waals surface area (Å²) in [5.74, 6) is 1.46. The normalized spacial score (nSPS) is 11.9. The van der Waals surface area contributed by atoms with E-state index in [9.17, 15) is 0 Å². The van der Waals surface area contributed by atoms with Gasteiger partial charge in [-0.3, -0.25) is 0 Å². The highest BCUT2D eigenvalue weighted by atomic mass is 16.5. The molecule has 0 unspecified atom stereocenters. The van der Waals surface area contributed by atoms with Crippen molar-refractivity contribution in [2.45, 2.75) is 26.0 Å². The van der Waals surface area contributed by atoms with E-state index < -0.39 is 0 Å². The summed E-state index contributed by atoms with van der Waals surface area (Å²) < 4.78 is 11.2. The van der Waals surface area contributed by atoms with Gasteiger partial charge in [0.15, 0.2) is 11.5 Å². The summed E-state index contributed by atoms with van der Waals surface area (Å²) in [7, 11) is 1.64. The first-order chi connectivity index (χ1) is 9.74. The highest BCUT2D eigenvalue weighted by Gasteiger charge is 2.10. The van der Waals surface area contributed by atoms with E-state index in [1.807, 2.05) is 48.5 Å². The SMILES string of the molecule is CC[C@H](N)c1ccc(OC)c(OCc2ccccc2)c1.